The van der Waals surface area contributed by atoms with Gasteiger partial charge in [0.2, 0.25) is 5.91 Å². The SMILES string of the molecule is CN(Cc1ccccc1CN(CC(=O)O)C(=O)C1(CC2CC2)CCN(OC(=O)c2ccccc2)CC1)C(=O)OC(C)(C)C. The predicted molar refractivity (Wildman–Crippen MR) is 160 cm³/mol. The molecular weight excluding hydrogens is 550 g/mol. The van der Waals surface area contributed by atoms with Gasteiger partial charge < -0.3 is 24.5 Å². The average molecular weight is 594 g/mol. The molecule has 2 fully saturated rings. The van der Waals surface area contributed by atoms with Gasteiger partial charge in [-0.25, -0.2) is 9.59 Å². The molecule has 2 aromatic carbocycles. The van der Waals surface area contributed by atoms with Crippen LogP contribution in [-0.2, 0) is 32.3 Å². The summed E-state index contributed by atoms with van der Waals surface area (Å²) in [4.78, 5) is 60.1. The van der Waals surface area contributed by atoms with Crippen LogP contribution in [0.5, 0.6) is 0 Å². The van der Waals surface area contributed by atoms with Crippen LogP contribution in [0.1, 0.15) is 74.4 Å². The van der Waals surface area contributed by atoms with Gasteiger partial charge >= 0.3 is 18.0 Å². The first-order valence-corrected chi connectivity index (χ1v) is 14.9. The van der Waals surface area contributed by atoms with Gasteiger partial charge in [-0.15, -0.1) is 5.06 Å². The molecule has 2 amide bonds. The van der Waals surface area contributed by atoms with Crippen molar-refractivity contribution in [3.63, 3.8) is 0 Å². The summed E-state index contributed by atoms with van der Waals surface area (Å²) in [5.74, 6) is -1.29. The molecule has 1 N–H and O–H groups in total. The highest BCUT2D eigenvalue weighted by atomic mass is 16.7. The fraction of sp³-hybridized carbons (Fsp3) is 0.515. The molecule has 1 aliphatic carbocycles. The zero-order valence-corrected chi connectivity index (χ0v) is 25.6. The largest absolute Gasteiger partial charge is 0.480 e. The third-order valence-electron chi connectivity index (χ3n) is 7.94. The Balaban J connectivity index is 1.49. The van der Waals surface area contributed by atoms with E-state index < -0.39 is 35.6 Å². The summed E-state index contributed by atoms with van der Waals surface area (Å²) in [6, 6.07) is 16.2. The quantitative estimate of drug-likeness (QED) is 0.382. The minimum Gasteiger partial charge on any atom is -0.480 e. The first kappa shape index (κ1) is 32.0. The predicted octanol–water partition coefficient (Wildman–Crippen LogP) is 5.12. The van der Waals surface area contributed by atoms with E-state index >= 15 is 0 Å². The number of carboxylic acid groups (broad SMARTS) is 1. The second-order valence-electron chi connectivity index (χ2n) is 12.8. The molecule has 1 heterocycles. The van der Waals surface area contributed by atoms with E-state index in [0.29, 0.717) is 43.8 Å². The minimum absolute atomic E-state index is 0.0998. The summed E-state index contributed by atoms with van der Waals surface area (Å²) in [5, 5.41) is 11.4. The highest BCUT2D eigenvalue weighted by molar-refractivity contribution is 5.89. The number of piperidine rings is 1. The van der Waals surface area contributed by atoms with Crippen molar-refractivity contribution in [3.05, 3.63) is 71.3 Å². The van der Waals surface area contributed by atoms with Crippen LogP contribution in [0.4, 0.5) is 4.79 Å². The summed E-state index contributed by atoms with van der Waals surface area (Å²) < 4.78 is 5.49. The number of carboxylic acids is 1. The maximum absolute atomic E-state index is 14.3. The molecule has 0 radical (unpaired) electrons. The lowest BCUT2D eigenvalue weighted by molar-refractivity contribution is -0.165. The summed E-state index contributed by atoms with van der Waals surface area (Å²) in [7, 11) is 1.65. The van der Waals surface area contributed by atoms with Crippen LogP contribution in [0, 0.1) is 11.3 Å². The number of carbonyl (C=O) groups is 4. The van der Waals surface area contributed by atoms with Crippen LogP contribution >= 0.6 is 0 Å². The normalized spacial score (nSPS) is 16.7. The van der Waals surface area contributed by atoms with E-state index in [2.05, 4.69) is 0 Å². The van der Waals surface area contributed by atoms with Crippen LogP contribution in [0.2, 0.25) is 0 Å². The molecule has 2 aromatic rings. The van der Waals surface area contributed by atoms with E-state index in [0.717, 1.165) is 24.0 Å². The topological polar surface area (TPSA) is 117 Å². The molecule has 43 heavy (non-hydrogen) atoms. The Morgan fingerprint density at radius 1 is 0.930 bits per heavy atom. The van der Waals surface area contributed by atoms with Gasteiger partial charge in [0.25, 0.3) is 0 Å². The number of aliphatic carboxylic acids is 1. The molecule has 4 rings (SSSR count). The number of hydrogen-bond acceptors (Lipinski definition) is 7. The molecule has 1 aliphatic heterocycles. The van der Waals surface area contributed by atoms with Crippen LogP contribution in [0.3, 0.4) is 0 Å². The average Bonchev–Trinajstić information content (AvgIpc) is 3.77. The molecule has 2 aliphatic rings. The van der Waals surface area contributed by atoms with Crippen molar-refractivity contribution >= 4 is 23.9 Å². The molecule has 10 nitrogen and oxygen atoms in total. The maximum Gasteiger partial charge on any atom is 0.410 e. The maximum atomic E-state index is 14.3. The van der Waals surface area contributed by atoms with E-state index in [9.17, 15) is 24.3 Å². The van der Waals surface area contributed by atoms with Gasteiger partial charge in [-0.05, 0) is 69.2 Å². The molecule has 0 bridgehead atoms. The van der Waals surface area contributed by atoms with Gasteiger partial charge in [-0.1, -0.05) is 55.3 Å². The van der Waals surface area contributed by atoms with Crippen LogP contribution in [-0.4, -0.2) is 76.2 Å². The summed E-state index contributed by atoms with van der Waals surface area (Å²) in [6.07, 6.45) is 3.25. The van der Waals surface area contributed by atoms with Crippen LogP contribution in [0.25, 0.3) is 0 Å². The highest BCUT2D eigenvalue weighted by Crippen LogP contribution is 2.47. The summed E-state index contributed by atoms with van der Waals surface area (Å²) in [5.41, 5.74) is 0.647. The third-order valence-corrected chi connectivity index (χ3v) is 7.94. The first-order chi connectivity index (χ1) is 20.3. The molecule has 0 spiro atoms. The number of rotatable bonds is 11. The van der Waals surface area contributed by atoms with E-state index in [-0.39, 0.29) is 19.0 Å². The molecular formula is C33H43N3O7. The van der Waals surface area contributed by atoms with E-state index in [1.54, 1.807) is 57.1 Å². The van der Waals surface area contributed by atoms with Gasteiger partial charge in [0.15, 0.2) is 0 Å². The standard InChI is InChI=1S/C33H43N3O7/c1-32(2,3)42-31(41)34(4)21-26-12-8-9-13-27(26)22-35(23-28(37)38)30(40)33(20-24-14-15-24)16-18-36(19-17-33)43-29(39)25-10-6-5-7-11-25/h5-13,24H,14-23H2,1-4H3,(H,37,38). The Morgan fingerprint density at radius 2 is 1.51 bits per heavy atom. The third kappa shape index (κ3) is 9.03. The number of carbonyl (C=O) groups excluding carboxylic acids is 3. The lowest BCUT2D eigenvalue weighted by atomic mass is 9.73. The Bertz CT molecular complexity index is 1300. The van der Waals surface area contributed by atoms with Gasteiger partial charge in [-0.3, -0.25) is 9.59 Å². The molecule has 10 heteroatoms. The number of hydrogen-bond donors (Lipinski definition) is 1. The van der Waals surface area contributed by atoms with Crippen molar-refractivity contribution in [1.29, 1.82) is 0 Å². The fourth-order valence-corrected chi connectivity index (χ4v) is 5.56. The zero-order chi connectivity index (χ0) is 31.2. The van der Waals surface area contributed by atoms with E-state index in [1.807, 2.05) is 30.3 Å². The lowest BCUT2D eigenvalue weighted by Crippen LogP contribution is -2.51. The Kier molecular flexibility index (Phi) is 10.1. The number of hydroxylamine groups is 2. The number of ether oxygens (including phenoxy) is 1. The lowest BCUT2D eigenvalue weighted by Gasteiger charge is -2.42. The van der Waals surface area contributed by atoms with Crippen molar-refractivity contribution in [3.8, 4) is 0 Å². The monoisotopic (exact) mass is 593 g/mol. The fourth-order valence-electron chi connectivity index (χ4n) is 5.56. The van der Waals surface area contributed by atoms with Gasteiger partial charge in [0.1, 0.15) is 12.1 Å². The summed E-state index contributed by atoms with van der Waals surface area (Å²) in [6.45, 7) is 6.09. The van der Waals surface area contributed by atoms with Crippen LogP contribution < -0.4 is 0 Å². The second kappa shape index (κ2) is 13.6. The Labute approximate surface area is 253 Å². The highest BCUT2D eigenvalue weighted by Gasteiger charge is 2.47. The van der Waals surface area contributed by atoms with Gasteiger partial charge in [0, 0.05) is 33.2 Å². The van der Waals surface area contributed by atoms with E-state index in [4.69, 9.17) is 9.57 Å². The van der Waals surface area contributed by atoms with Crippen molar-refractivity contribution in [1.82, 2.24) is 14.9 Å². The van der Waals surface area contributed by atoms with Crippen molar-refractivity contribution < 1.29 is 33.9 Å². The minimum atomic E-state index is -1.09. The smallest absolute Gasteiger partial charge is 0.410 e. The van der Waals surface area contributed by atoms with Gasteiger partial charge in [0.05, 0.1) is 11.0 Å². The molecule has 0 aromatic heterocycles. The first-order valence-electron chi connectivity index (χ1n) is 14.9. The molecule has 1 saturated heterocycles. The number of nitrogens with zero attached hydrogens (tertiary/aromatic N) is 3. The second-order valence-corrected chi connectivity index (χ2v) is 12.8. The zero-order valence-electron chi connectivity index (χ0n) is 25.6. The molecule has 0 unspecified atom stereocenters. The number of benzene rings is 2. The van der Waals surface area contributed by atoms with Crippen molar-refractivity contribution in [2.45, 2.75) is 71.6 Å². The number of amides is 2. The summed E-state index contributed by atoms with van der Waals surface area (Å²) >= 11 is 0. The molecule has 232 valence electrons. The molecule has 1 saturated carbocycles. The Morgan fingerprint density at radius 3 is 2.07 bits per heavy atom. The van der Waals surface area contributed by atoms with Crippen molar-refractivity contribution in [2.24, 2.45) is 11.3 Å². The van der Waals surface area contributed by atoms with Crippen LogP contribution in [0.15, 0.2) is 54.6 Å². The van der Waals surface area contributed by atoms with Gasteiger partial charge in [-0.2, -0.15) is 0 Å². The van der Waals surface area contributed by atoms with Crippen molar-refractivity contribution in [2.75, 3.05) is 26.7 Å². The van der Waals surface area contributed by atoms with E-state index in [1.165, 1.54) is 9.80 Å². The molecule has 0 atom stereocenters. The Hall–Kier alpha value is -3.92.